The molecule has 3 unspecified atom stereocenters. The highest BCUT2D eigenvalue weighted by atomic mass is 16.4. The third-order valence-electron chi connectivity index (χ3n) is 4.80. The first-order chi connectivity index (χ1) is 9.36. The molecule has 0 aromatic carbocycles. The fourth-order valence-corrected chi connectivity index (χ4v) is 3.53. The summed E-state index contributed by atoms with van der Waals surface area (Å²) in [5.74, 6) is 0.293. The second kappa shape index (κ2) is 6.02. The van der Waals surface area contributed by atoms with Crippen LogP contribution in [0.2, 0.25) is 0 Å². The SMILES string of the molecule is CC1CC(C)CC(NC(=O)N2CC(C(C)C(=O)O)C2)C1. The summed E-state index contributed by atoms with van der Waals surface area (Å²) in [5.41, 5.74) is 0. The molecule has 0 bridgehead atoms. The molecule has 0 aromatic heterocycles. The van der Waals surface area contributed by atoms with E-state index in [2.05, 4.69) is 19.2 Å². The number of hydrogen-bond acceptors (Lipinski definition) is 2. The van der Waals surface area contributed by atoms with Gasteiger partial charge in [0.05, 0.1) is 5.92 Å². The molecule has 3 atom stereocenters. The zero-order valence-corrected chi connectivity index (χ0v) is 12.6. The Morgan fingerprint density at radius 2 is 1.70 bits per heavy atom. The number of amides is 2. The van der Waals surface area contributed by atoms with Crippen LogP contribution in [0.4, 0.5) is 4.79 Å². The highest BCUT2D eigenvalue weighted by Gasteiger charge is 2.38. The molecule has 1 aliphatic carbocycles. The fraction of sp³-hybridized carbons (Fsp3) is 0.867. The van der Waals surface area contributed by atoms with Crippen LogP contribution in [0.1, 0.15) is 40.0 Å². The van der Waals surface area contributed by atoms with Crippen molar-refractivity contribution in [2.24, 2.45) is 23.7 Å². The van der Waals surface area contributed by atoms with Crippen LogP contribution in [0.3, 0.4) is 0 Å². The van der Waals surface area contributed by atoms with Crippen molar-refractivity contribution < 1.29 is 14.7 Å². The summed E-state index contributed by atoms with van der Waals surface area (Å²) in [4.78, 5) is 24.7. The minimum atomic E-state index is -0.773. The first-order valence-corrected chi connectivity index (χ1v) is 7.65. The molecule has 0 aromatic rings. The van der Waals surface area contributed by atoms with Crippen LogP contribution < -0.4 is 5.32 Å². The second-order valence-electron chi connectivity index (χ2n) is 6.86. The minimum absolute atomic E-state index is 0.0230. The number of likely N-dealkylation sites (tertiary alicyclic amines) is 1. The van der Waals surface area contributed by atoms with Crippen molar-refractivity contribution in [3.8, 4) is 0 Å². The Morgan fingerprint density at radius 3 is 2.20 bits per heavy atom. The van der Waals surface area contributed by atoms with Gasteiger partial charge in [-0.1, -0.05) is 20.8 Å². The van der Waals surface area contributed by atoms with Gasteiger partial charge in [-0.2, -0.15) is 0 Å². The van der Waals surface area contributed by atoms with Crippen LogP contribution in [0, 0.1) is 23.7 Å². The lowest BCUT2D eigenvalue weighted by Crippen LogP contribution is -2.58. The summed E-state index contributed by atoms with van der Waals surface area (Å²) in [6.45, 7) is 7.33. The Bertz CT molecular complexity index is 369. The molecule has 1 saturated carbocycles. The number of rotatable bonds is 3. The largest absolute Gasteiger partial charge is 0.481 e. The first kappa shape index (κ1) is 15.1. The molecular weight excluding hydrogens is 256 g/mol. The Hall–Kier alpha value is -1.26. The van der Waals surface area contributed by atoms with Gasteiger partial charge in [-0.05, 0) is 31.1 Å². The highest BCUT2D eigenvalue weighted by Crippen LogP contribution is 2.29. The summed E-state index contributed by atoms with van der Waals surface area (Å²) >= 11 is 0. The lowest BCUT2D eigenvalue weighted by Gasteiger charge is -2.42. The summed E-state index contributed by atoms with van der Waals surface area (Å²) in [6, 6.07) is 0.252. The zero-order valence-electron chi connectivity index (χ0n) is 12.6. The van der Waals surface area contributed by atoms with E-state index < -0.39 is 5.97 Å². The number of carbonyl (C=O) groups excluding carboxylic acids is 1. The Kier molecular flexibility index (Phi) is 4.55. The Balaban J connectivity index is 1.75. The predicted molar refractivity (Wildman–Crippen MR) is 76.4 cm³/mol. The van der Waals surface area contributed by atoms with Crippen molar-refractivity contribution in [2.75, 3.05) is 13.1 Å². The normalized spacial score (nSPS) is 32.4. The van der Waals surface area contributed by atoms with Crippen molar-refractivity contribution in [2.45, 2.75) is 46.1 Å². The van der Waals surface area contributed by atoms with Crippen LogP contribution in [-0.2, 0) is 4.79 Å². The highest BCUT2D eigenvalue weighted by molar-refractivity contribution is 5.76. The number of hydrogen-bond donors (Lipinski definition) is 2. The van der Waals surface area contributed by atoms with Gasteiger partial charge in [0.25, 0.3) is 0 Å². The summed E-state index contributed by atoms with van der Waals surface area (Å²) in [5, 5.41) is 12.1. The topological polar surface area (TPSA) is 69.6 Å². The van der Waals surface area contributed by atoms with E-state index in [1.165, 1.54) is 6.42 Å². The zero-order chi connectivity index (χ0) is 14.9. The van der Waals surface area contributed by atoms with Gasteiger partial charge in [-0.3, -0.25) is 4.79 Å². The van der Waals surface area contributed by atoms with Gasteiger partial charge in [-0.25, -0.2) is 4.79 Å². The van der Waals surface area contributed by atoms with E-state index >= 15 is 0 Å². The third kappa shape index (κ3) is 3.44. The molecule has 1 heterocycles. The monoisotopic (exact) mass is 282 g/mol. The maximum Gasteiger partial charge on any atom is 0.317 e. The Labute approximate surface area is 120 Å². The van der Waals surface area contributed by atoms with E-state index in [1.54, 1.807) is 11.8 Å². The molecular formula is C15H26N2O3. The lowest BCUT2D eigenvalue weighted by atomic mass is 9.80. The molecule has 2 fully saturated rings. The molecule has 2 aliphatic rings. The maximum absolute atomic E-state index is 12.1. The molecule has 2 amide bonds. The summed E-state index contributed by atoms with van der Waals surface area (Å²) in [7, 11) is 0. The third-order valence-corrected chi connectivity index (χ3v) is 4.80. The number of carboxylic acids is 1. The van der Waals surface area contributed by atoms with Crippen molar-refractivity contribution >= 4 is 12.0 Å². The van der Waals surface area contributed by atoms with Crippen molar-refractivity contribution in [3.63, 3.8) is 0 Å². The van der Waals surface area contributed by atoms with E-state index in [9.17, 15) is 9.59 Å². The van der Waals surface area contributed by atoms with E-state index in [1.807, 2.05) is 0 Å². The smallest absolute Gasteiger partial charge is 0.317 e. The molecule has 20 heavy (non-hydrogen) atoms. The quantitative estimate of drug-likeness (QED) is 0.833. The molecule has 0 spiro atoms. The van der Waals surface area contributed by atoms with Crippen LogP contribution in [-0.4, -0.2) is 41.1 Å². The fourth-order valence-electron chi connectivity index (χ4n) is 3.53. The van der Waals surface area contributed by atoms with Crippen molar-refractivity contribution in [1.29, 1.82) is 0 Å². The van der Waals surface area contributed by atoms with Gasteiger partial charge in [0.15, 0.2) is 0 Å². The first-order valence-electron chi connectivity index (χ1n) is 7.65. The van der Waals surface area contributed by atoms with Crippen LogP contribution in [0.25, 0.3) is 0 Å². The van der Waals surface area contributed by atoms with E-state index in [4.69, 9.17) is 5.11 Å². The number of carboxylic acid groups (broad SMARTS) is 1. The molecule has 1 saturated heterocycles. The van der Waals surface area contributed by atoms with E-state index in [0.29, 0.717) is 24.9 Å². The standard InChI is InChI=1S/C15H26N2O3/c1-9-4-10(2)6-13(5-9)16-15(20)17-7-12(8-17)11(3)14(18)19/h9-13H,4-8H2,1-3H3,(H,16,20)(H,18,19). The van der Waals surface area contributed by atoms with E-state index in [-0.39, 0.29) is 23.9 Å². The maximum atomic E-state index is 12.1. The number of urea groups is 1. The summed E-state index contributed by atoms with van der Waals surface area (Å²) < 4.78 is 0. The lowest BCUT2D eigenvalue weighted by molar-refractivity contribution is -0.144. The predicted octanol–water partition coefficient (Wildman–Crippen LogP) is 2.17. The van der Waals surface area contributed by atoms with Gasteiger partial charge in [0, 0.05) is 25.0 Å². The number of carbonyl (C=O) groups is 2. The van der Waals surface area contributed by atoms with E-state index in [0.717, 1.165) is 12.8 Å². The van der Waals surface area contributed by atoms with Crippen molar-refractivity contribution in [3.05, 3.63) is 0 Å². The molecule has 2 rings (SSSR count). The molecule has 114 valence electrons. The molecule has 0 radical (unpaired) electrons. The second-order valence-corrected chi connectivity index (χ2v) is 6.86. The van der Waals surface area contributed by atoms with Crippen LogP contribution in [0.5, 0.6) is 0 Å². The van der Waals surface area contributed by atoms with Crippen molar-refractivity contribution in [1.82, 2.24) is 10.2 Å². The molecule has 5 heteroatoms. The summed E-state index contributed by atoms with van der Waals surface area (Å²) in [6.07, 6.45) is 3.35. The number of aliphatic carboxylic acids is 1. The van der Waals surface area contributed by atoms with Gasteiger partial charge in [0.1, 0.15) is 0 Å². The molecule has 2 N–H and O–H groups in total. The van der Waals surface area contributed by atoms with Gasteiger partial charge < -0.3 is 15.3 Å². The van der Waals surface area contributed by atoms with Gasteiger partial charge in [-0.15, -0.1) is 0 Å². The minimum Gasteiger partial charge on any atom is -0.481 e. The Morgan fingerprint density at radius 1 is 1.15 bits per heavy atom. The molecule has 1 aliphatic heterocycles. The molecule has 5 nitrogen and oxygen atoms in total. The van der Waals surface area contributed by atoms with Crippen LogP contribution in [0.15, 0.2) is 0 Å². The van der Waals surface area contributed by atoms with Gasteiger partial charge >= 0.3 is 12.0 Å². The average Bonchev–Trinajstić information content (AvgIpc) is 2.24. The number of nitrogens with zero attached hydrogens (tertiary/aromatic N) is 1. The van der Waals surface area contributed by atoms with Gasteiger partial charge in [0.2, 0.25) is 0 Å². The number of nitrogens with one attached hydrogen (secondary N) is 1. The van der Waals surface area contributed by atoms with Crippen LogP contribution >= 0.6 is 0 Å². The average molecular weight is 282 g/mol.